The number of fused-ring (bicyclic) bond motifs is 6. The average Bonchev–Trinajstić information content (AvgIpc) is 4.21. The number of hydrogen-bond acceptors (Lipinski definition) is 4. The number of rotatable bonds is 8. The molecule has 3 saturated carbocycles. The predicted molar refractivity (Wildman–Crippen MR) is 323 cm³/mol. The largest absolute Gasteiger partial charge is 0.454 e. The van der Waals surface area contributed by atoms with E-state index in [1.165, 1.54) is 146 Å². The summed E-state index contributed by atoms with van der Waals surface area (Å²) in [7, 11) is 0. The van der Waals surface area contributed by atoms with Crippen molar-refractivity contribution in [1.82, 2.24) is 0 Å². The van der Waals surface area contributed by atoms with Crippen molar-refractivity contribution >= 4 is 110 Å². The van der Waals surface area contributed by atoms with Gasteiger partial charge in [-0.25, -0.2) is 0 Å². The van der Waals surface area contributed by atoms with Crippen LogP contribution in [0.4, 0.5) is 34.1 Å². The van der Waals surface area contributed by atoms with Gasteiger partial charge in [-0.05, 0) is 144 Å². The Labute approximate surface area is 447 Å². The Hall–Kier alpha value is -7.56. The lowest BCUT2D eigenvalue weighted by Crippen LogP contribution is -2.12. The van der Waals surface area contributed by atoms with Crippen molar-refractivity contribution in [2.45, 2.75) is 128 Å². The number of benzene rings is 10. The molecule has 2 aromatic heterocycles. The van der Waals surface area contributed by atoms with Crippen molar-refractivity contribution in [3.05, 3.63) is 192 Å². The highest BCUT2D eigenvalue weighted by Crippen LogP contribution is 2.51. The minimum Gasteiger partial charge on any atom is -0.454 e. The van der Waals surface area contributed by atoms with Crippen LogP contribution in [0.5, 0.6) is 0 Å². The second-order valence-electron chi connectivity index (χ2n) is 22.7. The van der Waals surface area contributed by atoms with Crippen LogP contribution in [0.1, 0.15) is 137 Å². The standard InChI is InChI=1S/C66H56N2O2.C6H12/c1-41-13-9-19-51-53-21-11-23-59(65(53)69-63(41)51)67(49-33-25-45(26-34-49)43-15-5-3-6-16-43)57-39-31-47-30-38-56-58(40-32-48-29-37-55(57)61(47)62(48)56)68(50-35-27-46(28-36-50)44-17-7-4-8-18-44)60-24-12-22-54-52-20-10-14-42(2)64(52)70-66(54)60;1-2-4-6-5-3-1/h9-14,19-40,43-44H,3-8,15-18H2,1-2H3;1-6H2. The Bertz CT molecular complexity index is 3780. The third-order valence-corrected chi connectivity index (χ3v) is 17.9. The van der Waals surface area contributed by atoms with Gasteiger partial charge in [-0.3, -0.25) is 0 Å². The molecule has 4 nitrogen and oxygen atoms in total. The minimum atomic E-state index is 0.624. The molecule has 76 heavy (non-hydrogen) atoms. The highest BCUT2D eigenvalue weighted by molar-refractivity contribution is 6.29. The molecule has 0 saturated heterocycles. The fraction of sp³-hybridized carbons (Fsp3) is 0.278. The topological polar surface area (TPSA) is 32.8 Å². The Balaban J connectivity index is 0.000000826. The first-order valence-electron chi connectivity index (χ1n) is 28.9. The molecule has 0 bridgehead atoms. The third kappa shape index (κ3) is 8.19. The summed E-state index contributed by atoms with van der Waals surface area (Å²) in [5.41, 5.74) is 15.4. The summed E-state index contributed by atoms with van der Waals surface area (Å²) < 4.78 is 13.9. The smallest absolute Gasteiger partial charge is 0.159 e. The molecule has 0 aliphatic heterocycles. The van der Waals surface area contributed by atoms with E-state index < -0.39 is 0 Å². The molecule has 3 fully saturated rings. The predicted octanol–water partition coefficient (Wildman–Crippen LogP) is 22.4. The van der Waals surface area contributed by atoms with Crippen LogP contribution < -0.4 is 9.80 Å². The molecule has 0 amide bonds. The molecule has 12 aromatic rings. The lowest BCUT2D eigenvalue weighted by Gasteiger charge is -2.30. The molecule has 0 N–H and O–H groups in total. The Morgan fingerprint density at radius 2 is 0.645 bits per heavy atom. The molecule has 0 radical (unpaired) electrons. The first kappa shape index (κ1) is 46.9. The fourth-order valence-corrected chi connectivity index (χ4v) is 13.9. The number of hydrogen-bond donors (Lipinski definition) is 0. The van der Waals surface area contributed by atoms with Crippen LogP contribution in [-0.2, 0) is 0 Å². The summed E-state index contributed by atoms with van der Waals surface area (Å²) in [6.07, 6.45) is 22.0. The molecule has 0 atom stereocenters. The Morgan fingerprint density at radius 1 is 0.303 bits per heavy atom. The molecular weight excluding hydrogens is 925 g/mol. The lowest BCUT2D eigenvalue weighted by atomic mass is 9.84. The van der Waals surface area contributed by atoms with Crippen LogP contribution in [0.15, 0.2) is 179 Å². The van der Waals surface area contributed by atoms with Gasteiger partial charge < -0.3 is 18.6 Å². The van der Waals surface area contributed by atoms with Gasteiger partial charge in [-0.2, -0.15) is 0 Å². The number of nitrogens with zero attached hydrogens (tertiary/aromatic N) is 2. The molecule has 0 spiro atoms. The average molecular weight is 993 g/mol. The third-order valence-electron chi connectivity index (χ3n) is 17.9. The molecule has 2 heterocycles. The van der Waals surface area contributed by atoms with Crippen molar-refractivity contribution < 1.29 is 8.83 Å². The van der Waals surface area contributed by atoms with Gasteiger partial charge in [0, 0.05) is 43.7 Å². The Kier molecular flexibility index (Phi) is 12.3. The second kappa shape index (κ2) is 19.9. The maximum absolute atomic E-state index is 6.95. The second-order valence-corrected chi connectivity index (χ2v) is 22.7. The minimum absolute atomic E-state index is 0.624. The lowest BCUT2D eigenvalue weighted by molar-refractivity contribution is 0.443. The summed E-state index contributed by atoms with van der Waals surface area (Å²) in [5, 5.41) is 11.9. The van der Waals surface area contributed by atoms with Gasteiger partial charge in [0.2, 0.25) is 0 Å². The van der Waals surface area contributed by atoms with E-state index in [-0.39, 0.29) is 0 Å². The van der Waals surface area contributed by atoms with Gasteiger partial charge in [0.05, 0.1) is 22.7 Å². The quantitative estimate of drug-likeness (QED) is 0.142. The monoisotopic (exact) mass is 993 g/mol. The number of furan rings is 2. The maximum Gasteiger partial charge on any atom is 0.159 e. The number of anilines is 6. The zero-order valence-electron chi connectivity index (χ0n) is 44.3. The summed E-state index contributed by atoms with van der Waals surface area (Å²) in [4.78, 5) is 4.92. The van der Waals surface area contributed by atoms with Crippen molar-refractivity contribution in [3.8, 4) is 0 Å². The molecular formula is C72H68N2O2. The molecule has 3 aliphatic rings. The van der Waals surface area contributed by atoms with Crippen molar-refractivity contribution in [1.29, 1.82) is 0 Å². The van der Waals surface area contributed by atoms with Gasteiger partial charge in [-0.15, -0.1) is 0 Å². The molecule has 10 aromatic carbocycles. The molecule has 4 heteroatoms. The van der Waals surface area contributed by atoms with Gasteiger partial charge >= 0.3 is 0 Å². The highest BCUT2D eigenvalue weighted by Gasteiger charge is 2.27. The molecule has 0 unspecified atom stereocenters. The van der Waals surface area contributed by atoms with Crippen LogP contribution in [0.2, 0.25) is 0 Å². The van der Waals surface area contributed by atoms with Crippen molar-refractivity contribution in [2.75, 3.05) is 9.80 Å². The van der Waals surface area contributed by atoms with E-state index in [1.807, 2.05) is 0 Å². The van der Waals surface area contributed by atoms with Crippen LogP contribution in [0, 0.1) is 13.8 Å². The number of para-hydroxylation sites is 4. The first-order valence-corrected chi connectivity index (χ1v) is 28.9. The normalized spacial score (nSPS) is 15.9. The van der Waals surface area contributed by atoms with E-state index in [1.54, 1.807) is 0 Å². The van der Waals surface area contributed by atoms with Gasteiger partial charge in [0.1, 0.15) is 11.2 Å². The summed E-state index contributed by atoms with van der Waals surface area (Å²) in [5.74, 6) is 1.25. The first-order chi connectivity index (χ1) is 37.6. The van der Waals surface area contributed by atoms with E-state index in [2.05, 4.69) is 194 Å². The van der Waals surface area contributed by atoms with Crippen LogP contribution in [0.3, 0.4) is 0 Å². The zero-order valence-corrected chi connectivity index (χ0v) is 44.3. The summed E-state index contributed by atoms with van der Waals surface area (Å²) in [6.45, 7) is 4.29. The van der Waals surface area contributed by atoms with Gasteiger partial charge in [0.15, 0.2) is 11.2 Å². The highest BCUT2D eigenvalue weighted by atomic mass is 16.3. The SMILES string of the molecule is C1CCCCC1.Cc1cccc2c1oc1c(N(c3ccc(C4CCCCC4)cc3)c3ccc4ccc5c(N(c6ccc(C7CCCCC7)cc6)c6cccc7c6oc6c(C)cccc67)ccc6ccc3c4c65)cccc12. The van der Waals surface area contributed by atoms with Crippen molar-refractivity contribution in [3.63, 3.8) is 0 Å². The summed E-state index contributed by atoms with van der Waals surface area (Å²) in [6, 6.07) is 63.9. The van der Waals surface area contributed by atoms with E-state index >= 15 is 0 Å². The van der Waals surface area contributed by atoms with Crippen LogP contribution in [0.25, 0.3) is 76.2 Å². The van der Waals surface area contributed by atoms with E-state index in [0.29, 0.717) is 11.8 Å². The van der Waals surface area contributed by atoms with Gasteiger partial charge in [0.25, 0.3) is 0 Å². The van der Waals surface area contributed by atoms with E-state index in [4.69, 9.17) is 8.83 Å². The molecule has 378 valence electrons. The molecule has 15 rings (SSSR count). The Morgan fingerprint density at radius 3 is 1.04 bits per heavy atom. The number of aryl methyl sites for hydroxylation is 2. The van der Waals surface area contributed by atoms with Crippen LogP contribution in [-0.4, -0.2) is 0 Å². The molecule has 3 aliphatic carbocycles. The van der Waals surface area contributed by atoms with Crippen LogP contribution >= 0.6 is 0 Å². The fourth-order valence-electron chi connectivity index (χ4n) is 13.9. The van der Waals surface area contributed by atoms with E-state index in [0.717, 1.165) is 89.1 Å². The summed E-state index contributed by atoms with van der Waals surface area (Å²) >= 11 is 0. The van der Waals surface area contributed by atoms with Crippen molar-refractivity contribution in [2.24, 2.45) is 0 Å². The van der Waals surface area contributed by atoms with E-state index in [9.17, 15) is 0 Å². The zero-order chi connectivity index (χ0) is 50.7. The van der Waals surface area contributed by atoms with Gasteiger partial charge in [-0.1, -0.05) is 198 Å². The maximum atomic E-state index is 6.95.